The van der Waals surface area contributed by atoms with Gasteiger partial charge in [-0.1, -0.05) is 26.0 Å². The largest absolute Gasteiger partial charge is 0.492 e. The van der Waals surface area contributed by atoms with Crippen LogP contribution in [-0.4, -0.2) is 32.9 Å². The summed E-state index contributed by atoms with van der Waals surface area (Å²) in [5.74, 6) is 0.923. The molecule has 3 heteroatoms. The quantitative estimate of drug-likeness (QED) is 0.732. The molecule has 0 aliphatic rings. The van der Waals surface area contributed by atoms with Crippen molar-refractivity contribution >= 4 is 0 Å². The minimum absolute atomic E-state index is 0.251. The van der Waals surface area contributed by atoms with E-state index in [4.69, 9.17) is 9.47 Å². The first kappa shape index (κ1) is 15.0. The van der Waals surface area contributed by atoms with Crippen molar-refractivity contribution in [2.75, 3.05) is 26.9 Å². The van der Waals surface area contributed by atoms with Crippen LogP contribution < -0.4 is 10.1 Å². The molecule has 0 spiro atoms. The first-order chi connectivity index (χ1) is 8.80. The number of aryl methyl sites for hydroxylation is 1. The summed E-state index contributed by atoms with van der Waals surface area (Å²) in [6.07, 6.45) is 2.18. The van der Waals surface area contributed by atoms with Gasteiger partial charge in [-0.15, -0.1) is 0 Å². The van der Waals surface area contributed by atoms with Gasteiger partial charge in [0.25, 0.3) is 0 Å². The molecule has 1 aromatic carbocycles. The van der Waals surface area contributed by atoms with Gasteiger partial charge in [-0.2, -0.15) is 0 Å². The zero-order chi connectivity index (χ0) is 13.2. The summed E-state index contributed by atoms with van der Waals surface area (Å²) in [7, 11) is 1.72. The lowest BCUT2D eigenvalue weighted by molar-refractivity contribution is 0.136. The molecule has 0 radical (unpaired) electrons. The highest BCUT2D eigenvalue weighted by atomic mass is 16.5. The number of hydrogen-bond acceptors (Lipinski definition) is 3. The van der Waals surface area contributed by atoms with Crippen LogP contribution >= 0.6 is 0 Å². The maximum atomic E-state index is 5.77. The second kappa shape index (κ2) is 8.95. The average Bonchev–Trinajstić information content (AvgIpc) is 2.42. The monoisotopic (exact) mass is 251 g/mol. The van der Waals surface area contributed by atoms with E-state index in [0.717, 1.165) is 25.1 Å². The van der Waals surface area contributed by atoms with Gasteiger partial charge in [0.15, 0.2) is 0 Å². The molecule has 3 nitrogen and oxygen atoms in total. The maximum absolute atomic E-state index is 5.77. The summed E-state index contributed by atoms with van der Waals surface area (Å²) in [6, 6.07) is 8.53. The van der Waals surface area contributed by atoms with Crippen molar-refractivity contribution in [3.8, 4) is 5.75 Å². The predicted octanol–water partition coefficient (Wildman–Crippen LogP) is 2.64. The molecule has 0 aliphatic heterocycles. The first-order valence-corrected chi connectivity index (χ1v) is 6.74. The number of rotatable bonds is 9. The number of nitrogens with one attached hydrogen (secondary N) is 1. The fourth-order valence-corrected chi connectivity index (χ4v) is 1.73. The zero-order valence-electron chi connectivity index (χ0n) is 11.7. The Morgan fingerprint density at radius 2 is 1.83 bits per heavy atom. The predicted molar refractivity (Wildman–Crippen MR) is 75.3 cm³/mol. The van der Waals surface area contributed by atoms with Crippen molar-refractivity contribution in [1.29, 1.82) is 0 Å². The second-order valence-electron chi connectivity index (χ2n) is 4.41. The number of benzene rings is 1. The van der Waals surface area contributed by atoms with E-state index in [1.165, 1.54) is 5.56 Å². The molecule has 102 valence electrons. The lowest BCUT2D eigenvalue weighted by atomic mass is 10.2. The third kappa shape index (κ3) is 5.52. The summed E-state index contributed by atoms with van der Waals surface area (Å²) in [5, 5.41) is 3.41. The van der Waals surface area contributed by atoms with Crippen molar-refractivity contribution in [3.05, 3.63) is 29.8 Å². The molecule has 1 rings (SSSR count). The Bertz CT molecular complexity index is 311. The van der Waals surface area contributed by atoms with E-state index in [2.05, 4.69) is 31.3 Å². The molecule has 0 heterocycles. The SMILES string of the molecule is CCCNC(COC)COc1ccc(CC)cc1. The van der Waals surface area contributed by atoms with Gasteiger partial charge in [-0.3, -0.25) is 0 Å². The number of ether oxygens (including phenoxy) is 2. The van der Waals surface area contributed by atoms with Crippen molar-refractivity contribution < 1.29 is 9.47 Å². The van der Waals surface area contributed by atoms with Gasteiger partial charge < -0.3 is 14.8 Å². The molecule has 1 atom stereocenters. The zero-order valence-corrected chi connectivity index (χ0v) is 11.7. The van der Waals surface area contributed by atoms with Crippen LogP contribution in [-0.2, 0) is 11.2 Å². The average molecular weight is 251 g/mol. The molecular formula is C15H25NO2. The molecular weight excluding hydrogens is 226 g/mol. The fourth-order valence-electron chi connectivity index (χ4n) is 1.73. The van der Waals surface area contributed by atoms with Gasteiger partial charge in [-0.05, 0) is 37.1 Å². The van der Waals surface area contributed by atoms with Crippen LogP contribution in [0.2, 0.25) is 0 Å². The van der Waals surface area contributed by atoms with Crippen LogP contribution in [0.3, 0.4) is 0 Å². The van der Waals surface area contributed by atoms with Gasteiger partial charge in [-0.25, -0.2) is 0 Å². The highest BCUT2D eigenvalue weighted by molar-refractivity contribution is 5.27. The molecule has 18 heavy (non-hydrogen) atoms. The van der Waals surface area contributed by atoms with Gasteiger partial charge in [0.05, 0.1) is 12.6 Å². The van der Waals surface area contributed by atoms with Crippen LogP contribution in [0, 0.1) is 0 Å². The topological polar surface area (TPSA) is 30.5 Å². The van der Waals surface area contributed by atoms with E-state index < -0.39 is 0 Å². The van der Waals surface area contributed by atoms with Crippen molar-refractivity contribution in [2.45, 2.75) is 32.7 Å². The van der Waals surface area contributed by atoms with E-state index in [9.17, 15) is 0 Å². The molecule has 0 aliphatic carbocycles. The van der Waals surface area contributed by atoms with Crippen molar-refractivity contribution in [1.82, 2.24) is 5.32 Å². The van der Waals surface area contributed by atoms with Crippen LogP contribution in [0.4, 0.5) is 0 Å². The summed E-state index contributed by atoms with van der Waals surface area (Å²) < 4.78 is 11.0. The molecule has 0 fully saturated rings. The minimum Gasteiger partial charge on any atom is -0.492 e. The molecule has 0 aromatic heterocycles. The summed E-state index contributed by atoms with van der Waals surface area (Å²) >= 11 is 0. The van der Waals surface area contributed by atoms with Crippen LogP contribution in [0.15, 0.2) is 24.3 Å². The van der Waals surface area contributed by atoms with E-state index in [1.807, 2.05) is 12.1 Å². The summed E-state index contributed by atoms with van der Waals surface area (Å²) in [5.41, 5.74) is 1.33. The third-order valence-corrected chi connectivity index (χ3v) is 2.83. The Morgan fingerprint density at radius 1 is 1.11 bits per heavy atom. The molecule has 0 saturated carbocycles. The lowest BCUT2D eigenvalue weighted by Gasteiger charge is -2.18. The highest BCUT2D eigenvalue weighted by Crippen LogP contribution is 2.12. The number of hydrogen-bond donors (Lipinski definition) is 1. The molecule has 1 unspecified atom stereocenters. The maximum Gasteiger partial charge on any atom is 0.119 e. The molecule has 0 bridgehead atoms. The second-order valence-corrected chi connectivity index (χ2v) is 4.41. The summed E-state index contributed by atoms with van der Waals surface area (Å²) in [4.78, 5) is 0. The van der Waals surface area contributed by atoms with Gasteiger partial charge >= 0.3 is 0 Å². The molecule has 1 aromatic rings. The normalized spacial score (nSPS) is 12.4. The Hall–Kier alpha value is -1.06. The number of methoxy groups -OCH3 is 1. The van der Waals surface area contributed by atoms with E-state index in [0.29, 0.717) is 13.2 Å². The van der Waals surface area contributed by atoms with Crippen LogP contribution in [0.25, 0.3) is 0 Å². The molecule has 1 N–H and O–H groups in total. The van der Waals surface area contributed by atoms with Crippen molar-refractivity contribution in [3.63, 3.8) is 0 Å². The van der Waals surface area contributed by atoms with Crippen LogP contribution in [0.5, 0.6) is 5.75 Å². The third-order valence-electron chi connectivity index (χ3n) is 2.83. The standard InChI is InChI=1S/C15H25NO2/c1-4-10-16-14(11-17-3)12-18-15-8-6-13(5-2)7-9-15/h6-9,14,16H,4-5,10-12H2,1-3H3. The van der Waals surface area contributed by atoms with Gasteiger partial charge in [0, 0.05) is 7.11 Å². The van der Waals surface area contributed by atoms with E-state index >= 15 is 0 Å². The minimum atomic E-state index is 0.251. The Morgan fingerprint density at radius 3 is 2.39 bits per heavy atom. The summed E-state index contributed by atoms with van der Waals surface area (Å²) in [6.45, 7) is 6.61. The first-order valence-electron chi connectivity index (χ1n) is 6.74. The molecule has 0 amide bonds. The smallest absolute Gasteiger partial charge is 0.119 e. The Balaban J connectivity index is 2.39. The van der Waals surface area contributed by atoms with Crippen LogP contribution in [0.1, 0.15) is 25.8 Å². The van der Waals surface area contributed by atoms with E-state index in [-0.39, 0.29) is 6.04 Å². The van der Waals surface area contributed by atoms with Gasteiger partial charge in [0.1, 0.15) is 12.4 Å². The van der Waals surface area contributed by atoms with Gasteiger partial charge in [0.2, 0.25) is 0 Å². The lowest BCUT2D eigenvalue weighted by Crippen LogP contribution is -2.38. The fraction of sp³-hybridized carbons (Fsp3) is 0.600. The Kier molecular flexibility index (Phi) is 7.46. The van der Waals surface area contributed by atoms with E-state index in [1.54, 1.807) is 7.11 Å². The Labute approximate surface area is 110 Å². The van der Waals surface area contributed by atoms with Crippen molar-refractivity contribution in [2.24, 2.45) is 0 Å². The molecule has 0 saturated heterocycles. The highest BCUT2D eigenvalue weighted by Gasteiger charge is 2.08.